The summed E-state index contributed by atoms with van der Waals surface area (Å²) in [6.45, 7) is 0.534. The molecule has 30 heavy (non-hydrogen) atoms. The van der Waals surface area contributed by atoms with Crippen LogP contribution in [0.1, 0.15) is 22.0 Å². The number of sulfone groups is 1. The summed E-state index contributed by atoms with van der Waals surface area (Å²) in [7, 11) is -0.254. The molecule has 2 aliphatic rings. The molecule has 154 valence electrons. The summed E-state index contributed by atoms with van der Waals surface area (Å²) in [5.74, 6) is 0.0188. The second-order valence-electron chi connectivity index (χ2n) is 7.55. The lowest BCUT2D eigenvalue weighted by molar-refractivity contribution is 0.0780. The zero-order chi connectivity index (χ0) is 21.0. The number of carbonyl (C=O) groups excluding carboxylic acids is 1. The van der Waals surface area contributed by atoms with Gasteiger partial charge in [-0.05, 0) is 41.5 Å². The van der Waals surface area contributed by atoms with Gasteiger partial charge in [0.1, 0.15) is 5.69 Å². The summed E-state index contributed by atoms with van der Waals surface area (Å²) in [6.07, 6.45) is 3.21. The van der Waals surface area contributed by atoms with Crippen molar-refractivity contribution in [2.75, 3.05) is 20.2 Å². The molecule has 0 radical (unpaired) electrons. The van der Waals surface area contributed by atoms with Crippen LogP contribution < -0.4 is 4.74 Å². The Labute approximate surface area is 174 Å². The van der Waals surface area contributed by atoms with Gasteiger partial charge < -0.3 is 9.64 Å². The number of methoxy groups -OCH3 is 1. The Hall–Kier alpha value is -3.20. The van der Waals surface area contributed by atoms with Gasteiger partial charge in [0.2, 0.25) is 5.88 Å². The molecule has 1 saturated heterocycles. The summed E-state index contributed by atoms with van der Waals surface area (Å²) in [6, 6.07) is 10.7. The van der Waals surface area contributed by atoms with Gasteiger partial charge in [0.25, 0.3) is 5.91 Å². The minimum Gasteiger partial charge on any atom is -0.481 e. The third-order valence-corrected chi connectivity index (χ3v) is 8.24. The Bertz CT molecular complexity index is 1270. The zero-order valence-electron chi connectivity index (χ0n) is 16.5. The summed E-state index contributed by atoms with van der Waals surface area (Å²) >= 11 is 0. The molecule has 1 amide bonds. The smallest absolute Gasteiger partial charge is 0.272 e. The molecule has 2 atom stereocenters. The van der Waals surface area contributed by atoms with Crippen LogP contribution in [0.2, 0.25) is 0 Å². The van der Waals surface area contributed by atoms with Crippen LogP contribution in [0.4, 0.5) is 0 Å². The van der Waals surface area contributed by atoms with Gasteiger partial charge in [0, 0.05) is 44.0 Å². The molecule has 2 aromatic heterocycles. The molecule has 0 spiro atoms. The van der Waals surface area contributed by atoms with E-state index in [2.05, 4.69) is 10.1 Å². The molecule has 0 aliphatic carbocycles. The topological polar surface area (TPSA) is 94.4 Å². The molecule has 1 aromatic carbocycles. The first-order valence-corrected chi connectivity index (χ1v) is 11.1. The maximum Gasteiger partial charge on any atom is 0.272 e. The van der Waals surface area contributed by atoms with E-state index in [9.17, 15) is 13.2 Å². The van der Waals surface area contributed by atoms with Crippen molar-refractivity contribution < 1.29 is 17.9 Å². The molecule has 0 bridgehead atoms. The largest absolute Gasteiger partial charge is 0.481 e. The van der Waals surface area contributed by atoms with Crippen LogP contribution in [0.25, 0.3) is 11.1 Å². The predicted molar refractivity (Wildman–Crippen MR) is 109 cm³/mol. The first-order chi connectivity index (χ1) is 14.4. The first-order valence-electron chi connectivity index (χ1n) is 9.56. The summed E-state index contributed by atoms with van der Waals surface area (Å²) in [5.41, 5.74) is 2.83. The van der Waals surface area contributed by atoms with Gasteiger partial charge in [-0.3, -0.25) is 9.48 Å². The van der Waals surface area contributed by atoms with Crippen molar-refractivity contribution in [1.82, 2.24) is 19.7 Å². The van der Waals surface area contributed by atoms with Crippen LogP contribution >= 0.6 is 0 Å². The van der Waals surface area contributed by atoms with Crippen molar-refractivity contribution in [2.45, 2.75) is 16.1 Å². The zero-order valence-corrected chi connectivity index (χ0v) is 17.3. The fourth-order valence-electron chi connectivity index (χ4n) is 4.50. The summed E-state index contributed by atoms with van der Waals surface area (Å²) < 4.78 is 33.2. The highest BCUT2D eigenvalue weighted by atomic mass is 32.2. The minimum atomic E-state index is -3.51. The molecule has 1 fully saturated rings. The lowest BCUT2D eigenvalue weighted by Gasteiger charge is -2.18. The molecule has 2 aliphatic heterocycles. The van der Waals surface area contributed by atoms with Crippen LogP contribution in [0.3, 0.4) is 0 Å². The van der Waals surface area contributed by atoms with Crippen LogP contribution in [-0.2, 0) is 16.9 Å². The minimum absolute atomic E-state index is 0.178. The van der Waals surface area contributed by atoms with Gasteiger partial charge in [-0.15, -0.1) is 0 Å². The standard InChI is InChI=1S/C21H20N4O4S/c1-24-17(7-9-23-24)21(26)25-11-16-15-10-13(14-4-3-8-22-20(14)29-2)5-6-18(15)30(27,28)19(16)12-25/h3-10,16,19H,11-12H2,1-2H3. The molecular weight excluding hydrogens is 404 g/mol. The third-order valence-electron chi connectivity index (χ3n) is 5.98. The van der Waals surface area contributed by atoms with E-state index >= 15 is 0 Å². The molecule has 3 aromatic rings. The quantitative estimate of drug-likeness (QED) is 0.637. The molecule has 4 heterocycles. The number of aromatic nitrogens is 3. The Balaban J connectivity index is 1.54. The van der Waals surface area contributed by atoms with Crippen LogP contribution in [0.5, 0.6) is 5.88 Å². The van der Waals surface area contributed by atoms with Crippen LogP contribution in [0.15, 0.2) is 53.7 Å². The summed E-state index contributed by atoms with van der Waals surface area (Å²) in [4.78, 5) is 19.1. The van der Waals surface area contributed by atoms with Gasteiger partial charge >= 0.3 is 0 Å². The summed E-state index contributed by atoms with van der Waals surface area (Å²) in [5, 5.41) is 3.41. The van der Waals surface area contributed by atoms with Gasteiger partial charge in [-0.1, -0.05) is 6.07 Å². The Morgan fingerprint density at radius 3 is 2.73 bits per heavy atom. The van der Waals surface area contributed by atoms with E-state index < -0.39 is 15.1 Å². The van der Waals surface area contributed by atoms with E-state index in [0.29, 0.717) is 23.0 Å². The Kier molecular flexibility index (Phi) is 4.18. The van der Waals surface area contributed by atoms with E-state index in [1.165, 1.54) is 4.68 Å². The molecule has 8 nitrogen and oxygen atoms in total. The average molecular weight is 424 g/mol. The SMILES string of the molecule is COc1ncccc1-c1ccc2c(c1)C1CN(C(=O)c3ccnn3C)CC1S2(=O)=O. The van der Waals surface area contributed by atoms with Gasteiger partial charge in [0.15, 0.2) is 9.84 Å². The fourth-order valence-corrected chi connectivity index (χ4v) is 6.66. The maximum atomic E-state index is 13.2. The fraction of sp³-hybridized carbons (Fsp3) is 0.286. The van der Waals surface area contributed by atoms with E-state index in [1.807, 2.05) is 18.2 Å². The highest BCUT2D eigenvalue weighted by Crippen LogP contribution is 2.46. The molecule has 0 saturated carbocycles. The number of fused-ring (bicyclic) bond motifs is 3. The lowest BCUT2D eigenvalue weighted by atomic mass is 9.95. The number of rotatable bonds is 3. The van der Waals surface area contributed by atoms with Gasteiger partial charge in [0.05, 0.1) is 17.3 Å². The predicted octanol–water partition coefficient (Wildman–Crippen LogP) is 1.89. The number of hydrogen-bond acceptors (Lipinski definition) is 6. The average Bonchev–Trinajstić information content (AvgIpc) is 3.43. The molecule has 0 N–H and O–H groups in total. The van der Waals surface area contributed by atoms with Crippen molar-refractivity contribution in [3.63, 3.8) is 0 Å². The van der Waals surface area contributed by atoms with Gasteiger partial charge in [-0.2, -0.15) is 5.10 Å². The number of hydrogen-bond donors (Lipinski definition) is 0. The lowest BCUT2D eigenvalue weighted by Crippen LogP contribution is -2.32. The highest BCUT2D eigenvalue weighted by molar-refractivity contribution is 7.92. The second-order valence-corrected chi connectivity index (χ2v) is 9.69. The van der Waals surface area contributed by atoms with E-state index in [4.69, 9.17) is 4.74 Å². The van der Waals surface area contributed by atoms with Crippen LogP contribution in [0, 0.1) is 0 Å². The van der Waals surface area contributed by atoms with Crippen molar-refractivity contribution in [2.24, 2.45) is 7.05 Å². The van der Waals surface area contributed by atoms with Crippen molar-refractivity contribution >= 4 is 15.7 Å². The number of nitrogens with zero attached hydrogens (tertiary/aromatic N) is 4. The Morgan fingerprint density at radius 2 is 2.00 bits per heavy atom. The molecule has 9 heteroatoms. The van der Waals surface area contributed by atoms with E-state index in [1.54, 1.807) is 49.7 Å². The molecule has 2 unspecified atom stereocenters. The van der Waals surface area contributed by atoms with Crippen LogP contribution in [-0.4, -0.2) is 59.4 Å². The maximum absolute atomic E-state index is 13.2. The number of amides is 1. The van der Waals surface area contributed by atoms with Gasteiger partial charge in [-0.25, -0.2) is 13.4 Å². The second kappa shape index (κ2) is 6.66. The number of ether oxygens (including phenoxy) is 1. The first kappa shape index (κ1) is 18.8. The van der Waals surface area contributed by atoms with E-state index in [0.717, 1.165) is 16.7 Å². The Morgan fingerprint density at radius 1 is 1.17 bits per heavy atom. The normalized spacial score (nSPS) is 21.3. The monoisotopic (exact) mass is 424 g/mol. The van der Waals surface area contributed by atoms with E-state index in [-0.39, 0.29) is 18.4 Å². The highest BCUT2D eigenvalue weighted by Gasteiger charge is 2.51. The molecule has 5 rings (SSSR count). The number of likely N-dealkylation sites (tertiary alicyclic amines) is 1. The third kappa shape index (κ3) is 2.65. The number of benzene rings is 1. The van der Waals surface area contributed by atoms with Crippen molar-refractivity contribution in [3.05, 3.63) is 60.0 Å². The number of aryl methyl sites for hydroxylation is 1. The van der Waals surface area contributed by atoms with Crippen molar-refractivity contribution in [3.8, 4) is 17.0 Å². The number of carbonyl (C=O) groups is 1. The van der Waals surface area contributed by atoms with Crippen molar-refractivity contribution in [1.29, 1.82) is 0 Å². The number of pyridine rings is 1. The molecular formula is C21H20N4O4S.